The van der Waals surface area contributed by atoms with Crippen molar-refractivity contribution >= 4 is 33.1 Å². The molecular weight excluding hydrogens is 548 g/mol. The lowest BCUT2D eigenvalue weighted by Gasteiger charge is -2.37. The summed E-state index contributed by atoms with van der Waals surface area (Å²) >= 11 is 0. The van der Waals surface area contributed by atoms with Gasteiger partial charge in [-0.2, -0.15) is 0 Å². The van der Waals surface area contributed by atoms with Gasteiger partial charge in [0.15, 0.2) is 0 Å². The molecule has 0 radical (unpaired) electrons. The molecule has 7 N–H and O–H groups in total. The summed E-state index contributed by atoms with van der Waals surface area (Å²) in [6, 6.07) is 30.7. The summed E-state index contributed by atoms with van der Waals surface area (Å²) < 4.78 is 24.2. The van der Waals surface area contributed by atoms with Crippen LogP contribution in [-0.2, 0) is 14.8 Å². The zero-order chi connectivity index (χ0) is 29.7. The van der Waals surface area contributed by atoms with Crippen LogP contribution in [0.15, 0.2) is 108 Å². The number of amides is 1. The van der Waals surface area contributed by atoms with E-state index in [2.05, 4.69) is 15.5 Å². The predicted molar refractivity (Wildman–Crippen MR) is 167 cm³/mol. The van der Waals surface area contributed by atoms with Gasteiger partial charge in [-0.3, -0.25) is 10.2 Å². The van der Waals surface area contributed by atoms with Crippen LogP contribution in [0, 0.1) is 5.41 Å². The van der Waals surface area contributed by atoms with E-state index in [0.29, 0.717) is 28.9 Å². The van der Waals surface area contributed by atoms with Crippen molar-refractivity contribution in [3.05, 3.63) is 114 Å². The maximum atomic E-state index is 14.1. The highest BCUT2D eigenvalue weighted by molar-refractivity contribution is 7.89. The normalized spacial score (nSPS) is 16.3. The van der Waals surface area contributed by atoms with E-state index < -0.39 is 15.9 Å². The molecule has 216 valence electrons. The van der Waals surface area contributed by atoms with Crippen molar-refractivity contribution in [3.63, 3.8) is 0 Å². The molecule has 0 spiro atoms. The summed E-state index contributed by atoms with van der Waals surface area (Å²) in [6.45, 7) is 2.14. The summed E-state index contributed by atoms with van der Waals surface area (Å²) in [4.78, 5) is 16.4. The lowest BCUT2D eigenvalue weighted by Crippen LogP contribution is -2.48. The van der Waals surface area contributed by atoms with Crippen molar-refractivity contribution < 1.29 is 13.2 Å². The predicted octanol–water partition coefficient (Wildman–Crippen LogP) is 3.88. The van der Waals surface area contributed by atoms with E-state index >= 15 is 0 Å². The van der Waals surface area contributed by atoms with Crippen molar-refractivity contribution in [2.75, 3.05) is 29.9 Å². The minimum atomic E-state index is -3.90. The number of nitrogens with two attached hydrogens (primary N) is 2. The summed E-state index contributed by atoms with van der Waals surface area (Å²) in [5, 5.41) is 19.9. The average molecular weight is 583 g/mol. The molecule has 0 aromatic heterocycles. The highest BCUT2D eigenvalue weighted by Crippen LogP contribution is 2.32. The molecule has 2 atom stereocenters. The number of carbonyl (C=O) groups is 1. The number of hydrogen-bond acceptors (Lipinski definition) is 6. The second-order valence-corrected chi connectivity index (χ2v) is 11.8. The Bertz CT molecular complexity index is 1680. The van der Waals surface area contributed by atoms with E-state index in [1.165, 1.54) is 6.07 Å². The fourth-order valence-corrected chi connectivity index (χ4v) is 6.25. The Morgan fingerprint density at radius 3 is 2.38 bits per heavy atom. The molecule has 4 aromatic rings. The first kappa shape index (κ1) is 29.0. The lowest BCUT2D eigenvalue weighted by atomic mass is 9.88. The maximum absolute atomic E-state index is 14.1. The molecule has 1 aliphatic rings. The first-order chi connectivity index (χ1) is 20.2. The molecule has 1 fully saturated rings. The summed E-state index contributed by atoms with van der Waals surface area (Å²) in [6.07, 6.45) is 0.894. The molecule has 5 rings (SSSR count). The van der Waals surface area contributed by atoms with Crippen LogP contribution in [0.5, 0.6) is 0 Å². The molecular formula is C32H34N6O3S. The topological polar surface area (TPSA) is 154 Å². The highest BCUT2D eigenvalue weighted by Gasteiger charge is 2.35. The molecule has 0 aliphatic carbocycles. The third-order valence-corrected chi connectivity index (χ3v) is 8.45. The van der Waals surface area contributed by atoms with E-state index in [9.17, 15) is 13.2 Å². The van der Waals surface area contributed by atoms with Gasteiger partial charge in [0.05, 0.1) is 16.9 Å². The van der Waals surface area contributed by atoms with Crippen LogP contribution in [0.1, 0.15) is 23.5 Å². The second-order valence-electron chi connectivity index (χ2n) is 10.3. The van der Waals surface area contributed by atoms with Crippen molar-refractivity contribution in [2.24, 2.45) is 10.9 Å². The largest absolute Gasteiger partial charge is 0.384 e. The molecule has 2 unspecified atom stereocenters. The van der Waals surface area contributed by atoms with Gasteiger partial charge < -0.3 is 21.3 Å². The quantitative estimate of drug-likeness (QED) is 0.157. The molecule has 1 saturated heterocycles. The minimum absolute atomic E-state index is 0.00571. The van der Waals surface area contributed by atoms with Crippen LogP contribution >= 0.6 is 0 Å². The number of carbonyl (C=O) groups excluding carboxylic acids is 1. The van der Waals surface area contributed by atoms with E-state index in [4.69, 9.17) is 16.3 Å². The van der Waals surface area contributed by atoms with Crippen LogP contribution in [0.3, 0.4) is 0 Å². The summed E-state index contributed by atoms with van der Waals surface area (Å²) in [5.41, 5.74) is 9.96. The van der Waals surface area contributed by atoms with Crippen LogP contribution in [0.4, 0.5) is 11.4 Å². The first-order valence-electron chi connectivity index (χ1n) is 13.7. The number of primary sulfonamides is 1. The molecule has 9 nitrogen and oxygen atoms in total. The van der Waals surface area contributed by atoms with E-state index in [1.54, 1.807) is 42.5 Å². The van der Waals surface area contributed by atoms with Crippen LogP contribution < -0.4 is 26.4 Å². The number of sulfonamides is 1. The Kier molecular flexibility index (Phi) is 8.67. The lowest BCUT2D eigenvalue weighted by molar-refractivity contribution is -0.118. The molecule has 0 bridgehead atoms. The van der Waals surface area contributed by atoms with Gasteiger partial charge >= 0.3 is 0 Å². The highest BCUT2D eigenvalue weighted by atomic mass is 32.2. The molecule has 1 heterocycles. The number of benzene rings is 4. The van der Waals surface area contributed by atoms with Crippen molar-refractivity contribution in [1.82, 2.24) is 5.32 Å². The molecule has 4 aromatic carbocycles. The summed E-state index contributed by atoms with van der Waals surface area (Å²) in [7, 11) is -3.90. The van der Waals surface area contributed by atoms with Gasteiger partial charge in [0.2, 0.25) is 15.9 Å². The third kappa shape index (κ3) is 6.52. The number of amidine groups is 1. The standard InChI is InChI=1S/C32H34N6O3S/c33-31(34)24-10-6-11-26(20-24)38-19-7-18-36-21-28(38)30(23-8-2-1-3-9-23)32(39)37-25-16-14-22(15-17-25)27-12-4-5-13-29(27)42(35,40)41/h1-6,8-17,20,28,30,36H,7,18-19,21H2,(H3,33,34)(H,37,39)(H2,35,40,41). The van der Waals surface area contributed by atoms with Gasteiger partial charge in [0.25, 0.3) is 0 Å². The number of nitrogens with zero attached hydrogens (tertiary/aromatic N) is 1. The van der Waals surface area contributed by atoms with Gasteiger partial charge in [0.1, 0.15) is 5.84 Å². The van der Waals surface area contributed by atoms with Crippen molar-refractivity contribution in [3.8, 4) is 11.1 Å². The number of anilines is 2. The zero-order valence-electron chi connectivity index (χ0n) is 23.0. The van der Waals surface area contributed by atoms with Crippen LogP contribution in [0.2, 0.25) is 0 Å². The average Bonchev–Trinajstić information content (AvgIpc) is 3.24. The smallest absolute Gasteiger partial charge is 0.238 e. The van der Waals surface area contributed by atoms with Gasteiger partial charge in [-0.15, -0.1) is 0 Å². The number of hydrogen-bond donors (Lipinski definition) is 5. The molecule has 1 amide bonds. The monoisotopic (exact) mass is 582 g/mol. The second kappa shape index (κ2) is 12.6. The van der Waals surface area contributed by atoms with Gasteiger partial charge in [-0.25, -0.2) is 13.6 Å². The Hall–Kier alpha value is -4.51. The SMILES string of the molecule is N=C(N)c1cccc(N2CCCNCC2C(C(=O)Nc2ccc(-c3ccccc3S(N)(=O)=O)cc2)c2ccccc2)c1. The van der Waals surface area contributed by atoms with E-state index in [-0.39, 0.29) is 22.7 Å². The van der Waals surface area contributed by atoms with Gasteiger partial charge in [-0.1, -0.05) is 72.8 Å². The van der Waals surface area contributed by atoms with Crippen molar-refractivity contribution in [2.45, 2.75) is 23.3 Å². The van der Waals surface area contributed by atoms with E-state index in [0.717, 1.165) is 30.8 Å². The first-order valence-corrected chi connectivity index (χ1v) is 15.3. The van der Waals surface area contributed by atoms with Gasteiger partial charge in [0, 0.05) is 35.6 Å². The molecule has 1 aliphatic heterocycles. The Morgan fingerprint density at radius 2 is 1.67 bits per heavy atom. The van der Waals surface area contributed by atoms with Crippen LogP contribution in [-0.4, -0.2) is 45.8 Å². The third-order valence-electron chi connectivity index (χ3n) is 7.48. The Balaban J connectivity index is 1.47. The number of rotatable bonds is 8. The molecule has 42 heavy (non-hydrogen) atoms. The molecule has 0 saturated carbocycles. The maximum Gasteiger partial charge on any atom is 0.238 e. The number of nitrogen functional groups attached to an aromatic ring is 1. The Labute approximate surface area is 246 Å². The van der Waals surface area contributed by atoms with Gasteiger partial charge in [-0.05, 0) is 54.4 Å². The Morgan fingerprint density at radius 1 is 0.952 bits per heavy atom. The molecule has 10 heteroatoms. The summed E-state index contributed by atoms with van der Waals surface area (Å²) in [5.74, 6) is -0.699. The fourth-order valence-electron chi connectivity index (χ4n) is 5.49. The fraction of sp³-hybridized carbons (Fsp3) is 0.188. The minimum Gasteiger partial charge on any atom is -0.384 e. The van der Waals surface area contributed by atoms with Crippen molar-refractivity contribution in [1.29, 1.82) is 5.41 Å². The number of nitrogens with one attached hydrogen (secondary N) is 3. The van der Waals surface area contributed by atoms with Crippen LogP contribution in [0.25, 0.3) is 11.1 Å². The zero-order valence-corrected chi connectivity index (χ0v) is 23.8. The van der Waals surface area contributed by atoms with E-state index in [1.807, 2.05) is 54.6 Å².